The van der Waals surface area contributed by atoms with Gasteiger partial charge < -0.3 is 0 Å². The number of rotatable bonds is 8. The fourth-order valence-electron chi connectivity index (χ4n) is 2.03. The van der Waals surface area contributed by atoms with Gasteiger partial charge in [0.2, 0.25) is 0 Å². The molecule has 1 heterocycles. The Kier molecular flexibility index (Phi) is 6.20. The van der Waals surface area contributed by atoms with Crippen LogP contribution < -0.4 is 0 Å². The highest BCUT2D eigenvalue weighted by Gasteiger charge is 2.04. The van der Waals surface area contributed by atoms with Gasteiger partial charge in [-0.15, -0.1) is 0 Å². The van der Waals surface area contributed by atoms with Gasteiger partial charge in [0, 0.05) is 12.2 Å². The highest BCUT2D eigenvalue weighted by molar-refractivity contribution is 5.10. The van der Waals surface area contributed by atoms with Crippen LogP contribution in [0.1, 0.15) is 64.3 Å². The van der Waals surface area contributed by atoms with Crippen molar-refractivity contribution in [3.05, 3.63) is 17.5 Å². The summed E-state index contributed by atoms with van der Waals surface area (Å²) in [6.07, 6.45) is 8.84. The van der Waals surface area contributed by atoms with E-state index in [4.69, 9.17) is 0 Å². The van der Waals surface area contributed by atoms with Crippen molar-refractivity contribution < 1.29 is 0 Å². The van der Waals surface area contributed by atoms with Crippen LogP contribution in [0.4, 0.5) is 0 Å². The maximum absolute atomic E-state index is 4.63. The Hall–Kier alpha value is -0.790. The molecule has 1 rings (SSSR count). The molecule has 0 aliphatic heterocycles. The summed E-state index contributed by atoms with van der Waals surface area (Å²) in [6, 6.07) is 2.26. The topological polar surface area (TPSA) is 17.8 Å². The predicted octanol–water partition coefficient (Wildman–Crippen LogP) is 3.98. The van der Waals surface area contributed by atoms with E-state index in [-0.39, 0.29) is 0 Å². The molecule has 0 atom stereocenters. The molecule has 92 valence electrons. The third-order valence-electron chi connectivity index (χ3n) is 3.11. The maximum Gasteiger partial charge on any atom is 0.0624 e. The van der Waals surface area contributed by atoms with Crippen molar-refractivity contribution in [2.45, 2.75) is 72.3 Å². The zero-order chi connectivity index (χ0) is 11.8. The zero-order valence-corrected chi connectivity index (χ0v) is 11.1. The summed E-state index contributed by atoms with van der Waals surface area (Å²) in [6.45, 7) is 7.75. The lowest BCUT2D eigenvalue weighted by Crippen LogP contribution is -2.04. The molecule has 1 aromatic rings. The van der Waals surface area contributed by atoms with Crippen LogP contribution in [0.3, 0.4) is 0 Å². The number of hydrogen-bond acceptors (Lipinski definition) is 1. The molecule has 0 aromatic carbocycles. The standard InChI is InChI=1S/C14H26N2/c1-4-7-8-9-10-11-16-14(6-3)12-13(5-2)15-16/h12H,4-11H2,1-3H3. The van der Waals surface area contributed by atoms with E-state index in [9.17, 15) is 0 Å². The van der Waals surface area contributed by atoms with Gasteiger partial charge in [0.25, 0.3) is 0 Å². The minimum atomic E-state index is 1.05. The summed E-state index contributed by atoms with van der Waals surface area (Å²) in [7, 11) is 0. The van der Waals surface area contributed by atoms with Gasteiger partial charge in [-0.1, -0.05) is 46.5 Å². The normalized spacial score (nSPS) is 10.9. The first-order valence-electron chi connectivity index (χ1n) is 6.87. The van der Waals surface area contributed by atoms with Crippen molar-refractivity contribution in [1.82, 2.24) is 9.78 Å². The molecule has 0 N–H and O–H groups in total. The predicted molar refractivity (Wildman–Crippen MR) is 69.7 cm³/mol. The first-order chi connectivity index (χ1) is 7.81. The fraction of sp³-hybridized carbons (Fsp3) is 0.786. The molecule has 0 aliphatic rings. The first-order valence-corrected chi connectivity index (χ1v) is 6.87. The van der Waals surface area contributed by atoms with Crippen LogP contribution >= 0.6 is 0 Å². The largest absolute Gasteiger partial charge is 0.269 e. The van der Waals surface area contributed by atoms with Gasteiger partial charge in [0.1, 0.15) is 0 Å². The third-order valence-corrected chi connectivity index (χ3v) is 3.11. The molecule has 0 unspecified atom stereocenters. The molecule has 0 fully saturated rings. The van der Waals surface area contributed by atoms with Gasteiger partial charge in [-0.05, 0) is 25.3 Å². The molecular formula is C14H26N2. The number of aromatic nitrogens is 2. The molecule has 2 nitrogen and oxygen atoms in total. The lowest BCUT2D eigenvalue weighted by Gasteiger charge is -2.05. The highest BCUT2D eigenvalue weighted by Crippen LogP contribution is 2.09. The lowest BCUT2D eigenvalue weighted by atomic mass is 10.1. The molecule has 0 spiro atoms. The summed E-state index contributed by atoms with van der Waals surface area (Å²) in [4.78, 5) is 0. The Labute approximate surface area is 100 Å². The Morgan fingerprint density at radius 1 is 1.00 bits per heavy atom. The Bertz CT molecular complexity index is 289. The van der Waals surface area contributed by atoms with Crippen LogP contribution in [0.25, 0.3) is 0 Å². The number of hydrogen-bond donors (Lipinski definition) is 0. The second kappa shape index (κ2) is 7.48. The molecule has 0 saturated carbocycles. The smallest absolute Gasteiger partial charge is 0.0624 e. The monoisotopic (exact) mass is 222 g/mol. The van der Waals surface area contributed by atoms with Gasteiger partial charge in [0.05, 0.1) is 5.69 Å². The Morgan fingerprint density at radius 3 is 2.38 bits per heavy atom. The van der Waals surface area contributed by atoms with Crippen molar-refractivity contribution >= 4 is 0 Å². The van der Waals surface area contributed by atoms with E-state index >= 15 is 0 Å². The van der Waals surface area contributed by atoms with Gasteiger partial charge in [-0.3, -0.25) is 4.68 Å². The average Bonchev–Trinajstić information content (AvgIpc) is 2.71. The summed E-state index contributed by atoms with van der Waals surface area (Å²) >= 11 is 0. The fourth-order valence-corrected chi connectivity index (χ4v) is 2.03. The second-order valence-electron chi connectivity index (χ2n) is 4.47. The number of aryl methyl sites for hydroxylation is 3. The molecule has 1 aromatic heterocycles. The van der Waals surface area contributed by atoms with Crippen molar-refractivity contribution in [1.29, 1.82) is 0 Å². The first kappa shape index (κ1) is 13.3. The van der Waals surface area contributed by atoms with E-state index in [2.05, 4.69) is 36.6 Å². The van der Waals surface area contributed by atoms with Crippen molar-refractivity contribution in [2.75, 3.05) is 0 Å². The van der Waals surface area contributed by atoms with E-state index < -0.39 is 0 Å². The van der Waals surface area contributed by atoms with E-state index in [1.54, 1.807) is 0 Å². The van der Waals surface area contributed by atoms with Crippen LogP contribution in [0.2, 0.25) is 0 Å². The summed E-state index contributed by atoms with van der Waals surface area (Å²) in [5, 5.41) is 4.63. The Balaban J connectivity index is 2.37. The van der Waals surface area contributed by atoms with Crippen LogP contribution in [0.5, 0.6) is 0 Å². The average molecular weight is 222 g/mol. The number of nitrogens with zero attached hydrogens (tertiary/aromatic N) is 2. The van der Waals surface area contributed by atoms with Crippen LogP contribution in [-0.2, 0) is 19.4 Å². The Morgan fingerprint density at radius 2 is 1.75 bits per heavy atom. The lowest BCUT2D eigenvalue weighted by molar-refractivity contribution is 0.516. The molecule has 0 aliphatic carbocycles. The van der Waals surface area contributed by atoms with Crippen LogP contribution in [-0.4, -0.2) is 9.78 Å². The molecule has 0 amide bonds. The molecular weight excluding hydrogens is 196 g/mol. The zero-order valence-electron chi connectivity index (χ0n) is 11.1. The SMILES string of the molecule is CCCCCCCn1nc(CC)cc1CC. The molecule has 16 heavy (non-hydrogen) atoms. The third kappa shape index (κ3) is 3.99. The van der Waals surface area contributed by atoms with Gasteiger partial charge in [-0.2, -0.15) is 5.10 Å². The number of unbranched alkanes of at least 4 members (excludes halogenated alkanes) is 4. The molecule has 2 heteroatoms. The van der Waals surface area contributed by atoms with Crippen molar-refractivity contribution in [3.8, 4) is 0 Å². The van der Waals surface area contributed by atoms with Crippen molar-refractivity contribution in [3.63, 3.8) is 0 Å². The minimum Gasteiger partial charge on any atom is -0.269 e. The molecule has 0 radical (unpaired) electrons. The van der Waals surface area contributed by atoms with E-state index in [0.717, 1.165) is 19.4 Å². The summed E-state index contributed by atoms with van der Waals surface area (Å²) < 4.78 is 2.21. The maximum atomic E-state index is 4.63. The summed E-state index contributed by atoms with van der Waals surface area (Å²) in [5.41, 5.74) is 2.64. The van der Waals surface area contributed by atoms with E-state index in [1.807, 2.05) is 0 Å². The minimum absolute atomic E-state index is 1.05. The van der Waals surface area contributed by atoms with E-state index in [1.165, 1.54) is 43.5 Å². The molecule has 0 saturated heterocycles. The highest BCUT2D eigenvalue weighted by atomic mass is 15.3. The van der Waals surface area contributed by atoms with Crippen LogP contribution in [0, 0.1) is 0 Å². The van der Waals surface area contributed by atoms with E-state index in [0.29, 0.717) is 0 Å². The quantitative estimate of drug-likeness (QED) is 0.608. The summed E-state index contributed by atoms with van der Waals surface area (Å²) in [5.74, 6) is 0. The van der Waals surface area contributed by atoms with Crippen LogP contribution in [0.15, 0.2) is 6.07 Å². The van der Waals surface area contributed by atoms with Gasteiger partial charge >= 0.3 is 0 Å². The van der Waals surface area contributed by atoms with Gasteiger partial charge in [0.15, 0.2) is 0 Å². The second-order valence-corrected chi connectivity index (χ2v) is 4.47. The van der Waals surface area contributed by atoms with Gasteiger partial charge in [-0.25, -0.2) is 0 Å². The molecule has 0 bridgehead atoms. The van der Waals surface area contributed by atoms with Crippen molar-refractivity contribution in [2.24, 2.45) is 0 Å².